The highest BCUT2D eigenvalue weighted by atomic mass is 79.9. The van der Waals surface area contributed by atoms with Crippen LogP contribution in [0.4, 0.5) is 0 Å². The number of nitrogens with two attached hydrogens (primary N) is 1. The van der Waals surface area contributed by atoms with Crippen LogP contribution in [0.5, 0.6) is 0 Å². The summed E-state index contributed by atoms with van der Waals surface area (Å²) in [5.41, 5.74) is 8.41. The maximum atomic E-state index is 9.46. The van der Waals surface area contributed by atoms with E-state index in [1.807, 2.05) is 6.07 Å². The molecular formula is C12H16BrNO. The summed E-state index contributed by atoms with van der Waals surface area (Å²) in [5.74, 6) is 0. The van der Waals surface area contributed by atoms with Crippen molar-refractivity contribution in [3.63, 3.8) is 0 Å². The Labute approximate surface area is 98.6 Å². The Bertz CT molecular complexity index is 372. The van der Waals surface area contributed by atoms with Gasteiger partial charge >= 0.3 is 0 Å². The molecule has 3 heteroatoms. The molecule has 2 nitrogen and oxygen atoms in total. The van der Waals surface area contributed by atoms with Gasteiger partial charge in [0.05, 0.1) is 6.10 Å². The quantitative estimate of drug-likeness (QED) is 0.864. The van der Waals surface area contributed by atoms with Crippen LogP contribution in [0.2, 0.25) is 0 Å². The lowest BCUT2D eigenvalue weighted by molar-refractivity contribution is 0.0219. The maximum absolute atomic E-state index is 9.46. The van der Waals surface area contributed by atoms with Gasteiger partial charge in [-0.15, -0.1) is 0 Å². The van der Waals surface area contributed by atoms with Gasteiger partial charge in [0, 0.05) is 16.4 Å². The van der Waals surface area contributed by atoms with Gasteiger partial charge in [0.2, 0.25) is 0 Å². The van der Waals surface area contributed by atoms with E-state index in [9.17, 15) is 5.11 Å². The minimum atomic E-state index is -0.170. The topological polar surface area (TPSA) is 46.2 Å². The minimum Gasteiger partial charge on any atom is -0.393 e. The van der Waals surface area contributed by atoms with E-state index in [0.29, 0.717) is 6.54 Å². The number of hydrogen-bond acceptors (Lipinski definition) is 2. The van der Waals surface area contributed by atoms with Crippen LogP contribution >= 0.6 is 15.9 Å². The maximum Gasteiger partial charge on any atom is 0.0558 e. The first-order chi connectivity index (χ1) is 7.07. The van der Waals surface area contributed by atoms with Gasteiger partial charge in [-0.2, -0.15) is 0 Å². The summed E-state index contributed by atoms with van der Waals surface area (Å²) in [6.45, 7) is 2.72. The van der Waals surface area contributed by atoms with Crippen molar-refractivity contribution in [3.8, 4) is 0 Å². The molecule has 0 amide bonds. The first-order valence-electron chi connectivity index (χ1n) is 5.22. The molecule has 3 N–H and O–H groups in total. The molecule has 0 bridgehead atoms. The summed E-state index contributed by atoms with van der Waals surface area (Å²) >= 11 is 3.46. The van der Waals surface area contributed by atoms with E-state index in [1.165, 1.54) is 11.1 Å². The molecule has 1 fully saturated rings. The predicted octanol–water partition coefficient (Wildman–Crippen LogP) is 2.11. The number of aliphatic hydroxyl groups excluding tert-OH is 1. The Morgan fingerprint density at radius 1 is 1.53 bits per heavy atom. The van der Waals surface area contributed by atoms with Gasteiger partial charge in [-0.3, -0.25) is 0 Å². The van der Waals surface area contributed by atoms with Gasteiger partial charge in [-0.05, 0) is 43.0 Å². The van der Waals surface area contributed by atoms with Crippen LogP contribution in [0.1, 0.15) is 24.0 Å². The molecule has 0 heterocycles. The number of halogens is 1. The number of benzene rings is 1. The molecule has 1 saturated carbocycles. The summed E-state index contributed by atoms with van der Waals surface area (Å²) < 4.78 is 1.09. The number of rotatable bonds is 2. The van der Waals surface area contributed by atoms with Crippen molar-refractivity contribution in [1.29, 1.82) is 0 Å². The standard InChI is InChI=1S/C12H16BrNO/c1-8-4-9(13)2-3-11(8)12(7-14)5-10(15)6-12/h2-4,10,15H,5-7,14H2,1H3. The Balaban J connectivity index is 2.36. The second-order valence-corrected chi connectivity index (χ2v) is 5.42. The molecule has 1 aliphatic carbocycles. The lowest BCUT2D eigenvalue weighted by Gasteiger charge is -2.46. The number of aliphatic hydroxyl groups is 1. The van der Waals surface area contributed by atoms with Crippen LogP contribution in [0, 0.1) is 6.92 Å². The van der Waals surface area contributed by atoms with Gasteiger partial charge in [-0.25, -0.2) is 0 Å². The molecule has 0 aromatic heterocycles. The molecule has 0 atom stereocenters. The monoisotopic (exact) mass is 269 g/mol. The minimum absolute atomic E-state index is 0.0181. The van der Waals surface area contributed by atoms with Gasteiger partial charge in [0.1, 0.15) is 0 Å². The van der Waals surface area contributed by atoms with Crippen LogP contribution in [0.3, 0.4) is 0 Å². The highest BCUT2D eigenvalue weighted by molar-refractivity contribution is 9.10. The molecule has 2 rings (SSSR count). The third kappa shape index (κ3) is 1.84. The molecule has 82 valence electrons. The molecule has 0 spiro atoms. The normalized spacial score (nSPS) is 30.0. The average Bonchev–Trinajstić information content (AvgIpc) is 2.13. The van der Waals surface area contributed by atoms with Crippen LogP contribution < -0.4 is 5.73 Å². The van der Waals surface area contributed by atoms with Crippen molar-refractivity contribution in [2.24, 2.45) is 5.73 Å². The van der Waals surface area contributed by atoms with Gasteiger partial charge in [0.25, 0.3) is 0 Å². The van der Waals surface area contributed by atoms with Gasteiger partial charge in [0.15, 0.2) is 0 Å². The first kappa shape index (κ1) is 11.1. The Hall–Kier alpha value is -0.380. The highest BCUT2D eigenvalue weighted by Crippen LogP contribution is 2.44. The Morgan fingerprint density at radius 2 is 2.20 bits per heavy atom. The average molecular weight is 270 g/mol. The fourth-order valence-electron chi connectivity index (χ4n) is 2.56. The van der Waals surface area contributed by atoms with E-state index >= 15 is 0 Å². The summed E-state index contributed by atoms with van der Waals surface area (Å²) in [7, 11) is 0. The zero-order valence-corrected chi connectivity index (χ0v) is 10.4. The Morgan fingerprint density at radius 3 is 2.67 bits per heavy atom. The fraction of sp³-hybridized carbons (Fsp3) is 0.500. The predicted molar refractivity (Wildman–Crippen MR) is 64.9 cm³/mol. The van der Waals surface area contributed by atoms with Crippen LogP contribution in [0.15, 0.2) is 22.7 Å². The van der Waals surface area contributed by atoms with Crippen LogP contribution in [-0.4, -0.2) is 17.8 Å². The van der Waals surface area contributed by atoms with Crippen molar-refractivity contribution in [2.45, 2.75) is 31.3 Å². The molecule has 1 aromatic carbocycles. The van der Waals surface area contributed by atoms with Crippen LogP contribution in [0.25, 0.3) is 0 Å². The smallest absolute Gasteiger partial charge is 0.0558 e. The zero-order valence-electron chi connectivity index (χ0n) is 8.83. The Kier molecular flexibility index (Phi) is 2.88. The molecule has 0 saturated heterocycles. The largest absolute Gasteiger partial charge is 0.393 e. The molecule has 0 unspecified atom stereocenters. The summed E-state index contributed by atoms with van der Waals surface area (Å²) in [4.78, 5) is 0. The first-order valence-corrected chi connectivity index (χ1v) is 6.01. The fourth-order valence-corrected chi connectivity index (χ4v) is 3.04. The summed E-state index contributed by atoms with van der Waals surface area (Å²) in [5, 5.41) is 9.46. The van der Waals surface area contributed by atoms with Crippen molar-refractivity contribution in [1.82, 2.24) is 0 Å². The zero-order chi connectivity index (χ0) is 11.1. The second-order valence-electron chi connectivity index (χ2n) is 4.51. The van der Waals surface area contributed by atoms with E-state index in [0.717, 1.165) is 17.3 Å². The SMILES string of the molecule is Cc1cc(Br)ccc1C1(CN)CC(O)C1. The van der Waals surface area contributed by atoms with E-state index in [-0.39, 0.29) is 11.5 Å². The lowest BCUT2D eigenvalue weighted by Crippen LogP contribution is -2.50. The van der Waals surface area contributed by atoms with Crippen molar-refractivity contribution in [2.75, 3.05) is 6.54 Å². The summed E-state index contributed by atoms with van der Waals surface area (Å²) in [6.07, 6.45) is 1.43. The van der Waals surface area contributed by atoms with E-state index in [1.54, 1.807) is 0 Å². The second kappa shape index (κ2) is 3.89. The molecule has 1 aliphatic rings. The molecule has 0 aliphatic heterocycles. The number of hydrogen-bond donors (Lipinski definition) is 2. The third-order valence-corrected chi connectivity index (χ3v) is 3.90. The van der Waals surface area contributed by atoms with Crippen LogP contribution in [-0.2, 0) is 5.41 Å². The molecule has 1 aromatic rings. The summed E-state index contributed by atoms with van der Waals surface area (Å²) in [6, 6.07) is 6.28. The lowest BCUT2D eigenvalue weighted by atomic mass is 9.62. The van der Waals surface area contributed by atoms with E-state index in [4.69, 9.17) is 5.73 Å². The van der Waals surface area contributed by atoms with Crippen molar-refractivity contribution < 1.29 is 5.11 Å². The van der Waals surface area contributed by atoms with Crippen molar-refractivity contribution in [3.05, 3.63) is 33.8 Å². The highest BCUT2D eigenvalue weighted by Gasteiger charge is 2.44. The molecule has 0 radical (unpaired) electrons. The number of aryl methyl sites for hydroxylation is 1. The third-order valence-electron chi connectivity index (χ3n) is 3.40. The van der Waals surface area contributed by atoms with E-state index in [2.05, 4.69) is 35.0 Å². The molecule has 15 heavy (non-hydrogen) atoms. The van der Waals surface area contributed by atoms with Gasteiger partial charge in [-0.1, -0.05) is 22.0 Å². The van der Waals surface area contributed by atoms with E-state index < -0.39 is 0 Å². The van der Waals surface area contributed by atoms with Crippen molar-refractivity contribution >= 4 is 15.9 Å². The molecular weight excluding hydrogens is 254 g/mol. The van der Waals surface area contributed by atoms with Gasteiger partial charge < -0.3 is 10.8 Å².